The topological polar surface area (TPSA) is 9.23 Å². The van der Waals surface area contributed by atoms with Crippen LogP contribution in [0.5, 0.6) is 5.75 Å². The Morgan fingerprint density at radius 1 is 1.17 bits per heavy atom. The molecule has 1 aromatic carbocycles. The lowest BCUT2D eigenvalue weighted by Crippen LogP contribution is -2.01. The van der Waals surface area contributed by atoms with E-state index >= 15 is 0 Å². The van der Waals surface area contributed by atoms with Gasteiger partial charge in [-0.2, -0.15) is 0 Å². The number of ether oxygens (including phenoxy) is 1. The van der Waals surface area contributed by atoms with Crippen LogP contribution in [0.3, 0.4) is 0 Å². The molecule has 0 saturated carbocycles. The zero-order valence-electron chi connectivity index (χ0n) is 10.6. The molecule has 4 heteroatoms. The van der Waals surface area contributed by atoms with Crippen molar-refractivity contribution in [2.24, 2.45) is 0 Å². The number of hydrogen-bond donors (Lipinski definition) is 0. The van der Waals surface area contributed by atoms with E-state index in [4.69, 9.17) is 27.9 Å². The summed E-state index contributed by atoms with van der Waals surface area (Å²) >= 11 is 15.7. The highest BCUT2D eigenvalue weighted by molar-refractivity contribution is 9.09. The molecular weight excluding hydrogens is 335 g/mol. The second kappa shape index (κ2) is 9.06. The Morgan fingerprint density at radius 3 is 2.61 bits per heavy atom. The molecule has 0 N–H and O–H groups in total. The van der Waals surface area contributed by atoms with Crippen LogP contribution in [-0.4, -0.2) is 11.9 Å². The van der Waals surface area contributed by atoms with E-state index in [1.165, 1.54) is 12.8 Å². The number of alkyl halides is 1. The second-order valence-electron chi connectivity index (χ2n) is 4.19. The normalized spacial score (nSPS) is 10.7. The Kier molecular flexibility index (Phi) is 8.12. The van der Waals surface area contributed by atoms with Crippen LogP contribution in [0.25, 0.3) is 0 Å². The van der Waals surface area contributed by atoms with E-state index in [1.54, 1.807) is 6.07 Å². The van der Waals surface area contributed by atoms with Crippen molar-refractivity contribution in [1.29, 1.82) is 0 Å². The summed E-state index contributed by atoms with van der Waals surface area (Å²) in [4.78, 5) is 0. The lowest BCUT2D eigenvalue weighted by Gasteiger charge is -2.13. The lowest BCUT2D eigenvalue weighted by molar-refractivity contribution is 0.303. The van der Waals surface area contributed by atoms with Gasteiger partial charge in [-0.25, -0.2) is 0 Å². The maximum Gasteiger partial charge on any atom is 0.124 e. The number of halogens is 3. The highest BCUT2D eigenvalue weighted by Crippen LogP contribution is 2.34. The Bertz CT molecular complexity index is 369. The molecule has 0 aliphatic rings. The molecule has 1 rings (SSSR count). The van der Waals surface area contributed by atoms with Gasteiger partial charge >= 0.3 is 0 Å². The minimum atomic E-state index is 0.603. The summed E-state index contributed by atoms with van der Waals surface area (Å²) in [5.74, 6) is 0.880. The average molecular weight is 354 g/mol. The van der Waals surface area contributed by atoms with Crippen LogP contribution in [0.1, 0.15) is 38.2 Å². The quantitative estimate of drug-likeness (QED) is 0.418. The van der Waals surface area contributed by atoms with Gasteiger partial charge in [0.15, 0.2) is 0 Å². The van der Waals surface area contributed by atoms with Crippen molar-refractivity contribution in [2.75, 3.05) is 11.9 Å². The standard InChI is InChI=1S/C14H19BrCl2O/c1-2-6-11-13(8-7-12(16)14(11)17)18-10-5-3-4-9-15/h7-8H,2-6,9-10H2,1H3. The van der Waals surface area contributed by atoms with E-state index in [1.807, 2.05) is 6.07 Å². The first-order chi connectivity index (χ1) is 8.70. The van der Waals surface area contributed by atoms with Crippen LogP contribution in [-0.2, 0) is 6.42 Å². The molecule has 0 amide bonds. The fourth-order valence-electron chi connectivity index (χ4n) is 1.75. The molecule has 0 heterocycles. The molecule has 0 unspecified atom stereocenters. The molecule has 0 saturated heterocycles. The first kappa shape index (κ1) is 16.1. The van der Waals surface area contributed by atoms with Crippen molar-refractivity contribution in [2.45, 2.75) is 39.0 Å². The first-order valence-electron chi connectivity index (χ1n) is 6.36. The summed E-state index contributed by atoms with van der Waals surface area (Å²) in [7, 11) is 0. The summed E-state index contributed by atoms with van der Waals surface area (Å²) in [5, 5.41) is 2.30. The van der Waals surface area contributed by atoms with Gasteiger partial charge in [0.25, 0.3) is 0 Å². The van der Waals surface area contributed by atoms with Crippen molar-refractivity contribution < 1.29 is 4.74 Å². The van der Waals surface area contributed by atoms with E-state index < -0.39 is 0 Å². The SMILES string of the molecule is CCCc1c(OCCCCCBr)ccc(Cl)c1Cl. The maximum absolute atomic E-state index is 6.22. The molecular formula is C14H19BrCl2O. The van der Waals surface area contributed by atoms with Crippen molar-refractivity contribution in [3.8, 4) is 5.75 Å². The van der Waals surface area contributed by atoms with Crippen LogP contribution in [0.2, 0.25) is 10.0 Å². The van der Waals surface area contributed by atoms with Crippen LogP contribution >= 0.6 is 39.1 Å². The first-order valence-corrected chi connectivity index (χ1v) is 8.24. The van der Waals surface area contributed by atoms with Gasteiger partial charge in [-0.1, -0.05) is 52.5 Å². The number of benzene rings is 1. The van der Waals surface area contributed by atoms with Crippen molar-refractivity contribution in [1.82, 2.24) is 0 Å². The Balaban J connectivity index is 2.61. The van der Waals surface area contributed by atoms with Crippen LogP contribution in [0.4, 0.5) is 0 Å². The Hall–Kier alpha value is 0.0800. The number of rotatable bonds is 8. The van der Waals surface area contributed by atoms with Crippen molar-refractivity contribution >= 4 is 39.1 Å². The molecule has 1 aromatic rings. The third-order valence-corrected chi connectivity index (χ3v) is 4.09. The van der Waals surface area contributed by atoms with Gasteiger partial charge in [-0.05, 0) is 37.8 Å². The molecule has 0 fully saturated rings. The minimum Gasteiger partial charge on any atom is -0.493 e. The van der Waals surface area contributed by atoms with Crippen LogP contribution < -0.4 is 4.74 Å². The predicted octanol–water partition coefficient (Wildman–Crippen LogP) is 5.89. The molecule has 0 radical (unpaired) electrons. The number of unbranched alkanes of at least 4 members (excludes halogenated alkanes) is 2. The molecule has 0 spiro atoms. The Morgan fingerprint density at radius 2 is 1.94 bits per heavy atom. The van der Waals surface area contributed by atoms with E-state index in [2.05, 4.69) is 22.9 Å². The molecule has 102 valence electrons. The van der Waals surface area contributed by atoms with Gasteiger partial charge in [0.1, 0.15) is 5.75 Å². The monoisotopic (exact) mass is 352 g/mol. The summed E-state index contributed by atoms with van der Waals surface area (Å²) in [6.45, 7) is 2.86. The highest BCUT2D eigenvalue weighted by atomic mass is 79.9. The summed E-state index contributed by atoms with van der Waals surface area (Å²) in [5.41, 5.74) is 1.03. The van der Waals surface area contributed by atoms with E-state index in [0.717, 1.165) is 42.5 Å². The van der Waals surface area contributed by atoms with Gasteiger partial charge in [0.05, 0.1) is 16.7 Å². The molecule has 0 bridgehead atoms. The number of hydrogen-bond acceptors (Lipinski definition) is 1. The van der Waals surface area contributed by atoms with Gasteiger partial charge in [-0.15, -0.1) is 0 Å². The largest absolute Gasteiger partial charge is 0.493 e. The third kappa shape index (κ3) is 4.99. The maximum atomic E-state index is 6.22. The fraction of sp³-hybridized carbons (Fsp3) is 0.571. The predicted molar refractivity (Wildman–Crippen MR) is 83.6 cm³/mol. The Labute approximate surface area is 128 Å². The summed E-state index contributed by atoms with van der Waals surface area (Å²) < 4.78 is 5.81. The molecule has 1 nitrogen and oxygen atoms in total. The highest BCUT2D eigenvalue weighted by Gasteiger charge is 2.11. The molecule has 0 aliphatic heterocycles. The van der Waals surface area contributed by atoms with Crippen LogP contribution in [0, 0.1) is 0 Å². The smallest absolute Gasteiger partial charge is 0.124 e. The zero-order valence-corrected chi connectivity index (χ0v) is 13.7. The van der Waals surface area contributed by atoms with Gasteiger partial charge in [0, 0.05) is 10.9 Å². The minimum absolute atomic E-state index is 0.603. The van der Waals surface area contributed by atoms with E-state index in [0.29, 0.717) is 10.0 Å². The lowest BCUT2D eigenvalue weighted by atomic mass is 10.1. The average Bonchev–Trinajstić information content (AvgIpc) is 2.37. The van der Waals surface area contributed by atoms with Crippen LogP contribution in [0.15, 0.2) is 12.1 Å². The van der Waals surface area contributed by atoms with Gasteiger partial charge < -0.3 is 4.74 Å². The second-order valence-corrected chi connectivity index (χ2v) is 5.76. The van der Waals surface area contributed by atoms with Gasteiger partial charge in [0.2, 0.25) is 0 Å². The molecule has 0 atom stereocenters. The van der Waals surface area contributed by atoms with E-state index in [9.17, 15) is 0 Å². The van der Waals surface area contributed by atoms with Gasteiger partial charge in [-0.3, -0.25) is 0 Å². The zero-order chi connectivity index (χ0) is 13.4. The fourth-order valence-corrected chi connectivity index (χ4v) is 2.57. The summed E-state index contributed by atoms with van der Waals surface area (Å²) in [6, 6.07) is 3.72. The summed E-state index contributed by atoms with van der Waals surface area (Å²) in [6.07, 6.45) is 5.36. The van der Waals surface area contributed by atoms with Crippen molar-refractivity contribution in [3.63, 3.8) is 0 Å². The third-order valence-electron chi connectivity index (χ3n) is 2.69. The van der Waals surface area contributed by atoms with E-state index in [-0.39, 0.29) is 0 Å². The molecule has 0 aliphatic carbocycles. The molecule has 0 aromatic heterocycles. The molecule has 18 heavy (non-hydrogen) atoms. The van der Waals surface area contributed by atoms with Crippen molar-refractivity contribution in [3.05, 3.63) is 27.7 Å².